The molecule has 0 amide bonds. The first-order valence-corrected chi connectivity index (χ1v) is 7.70. The summed E-state index contributed by atoms with van der Waals surface area (Å²) in [5.74, 6) is -2.29. The third-order valence-corrected chi connectivity index (χ3v) is 3.77. The van der Waals surface area contributed by atoms with Crippen molar-refractivity contribution in [2.24, 2.45) is 0 Å². The van der Waals surface area contributed by atoms with Crippen LogP contribution in [-0.4, -0.2) is 15.0 Å². The van der Waals surface area contributed by atoms with E-state index in [1.54, 1.807) is 24.4 Å². The third-order valence-electron chi connectivity index (χ3n) is 3.77. The van der Waals surface area contributed by atoms with E-state index in [1.165, 1.54) is 35.4 Å². The number of anilines is 3. The molecule has 0 radical (unpaired) electrons. The molecule has 0 saturated heterocycles. The molecule has 0 spiro atoms. The van der Waals surface area contributed by atoms with E-state index in [-0.39, 0.29) is 11.6 Å². The molecular weight excluding hydrogens is 341 g/mol. The Morgan fingerprint density at radius 3 is 2.38 bits per heavy atom. The van der Waals surface area contributed by atoms with Crippen LogP contribution in [0, 0.1) is 17.5 Å². The van der Waals surface area contributed by atoms with Crippen LogP contribution in [0.3, 0.4) is 0 Å². The number of pyridine rings is 1. The number of aromatic nitrogens is 3. The third kappa shape index (κ3) is 2.95. The van der Waals surface area contributed by atoms with E-state index < -0.39 is 17.5 Å². The standard InChI is InChI=1S/C19H11F3N4/c20-12-3-1-4-13(9-12)26(14-6-7-15(21)16(22)10-14)19-24-11-18-17(25-19)5-2-8-23-18/h1-11H. The second kappa shape index (κ2) is 6.44. The first-order valence-electron chi connectivity index (χ1n) is 7.70. The summed E-state index contributed by atoms with van der Waals surface area (Å²) < 4.78 is 40.9. The van der Waals surface area contributed by atoms with Crippen LogP contribution in [0.1, 0.15) is 0 Å². The molecule has 2 aromatic heterocycles. The van der Waals surface area contributed by atoms with Gasteiger partial charge in [-0.05, 0) is 42.5 Å². The topological polar surface area (TPSA) is 41.9 Å². The Balaban J connectivity index is 1.92. The normalized spacial score (nSPS) is 10.9. The summed E-state index contributed by atoms with van der Waals surface area (Å²) in [6.07, 6.45) is 3.13. The Labute approximate surface area is 146 Å². The quantitative estimate of drug-likeness (QED) is 0.525. The van der Waals surface area contributed by atoms with Crippen molar-refractivity contribution in [2.45, 2.75) is 0 Å². The first kappa shape index (κ1) is 16.0. The van der Waals surface area contributed by atoms with E-state index >= 15 is 0 Å². The minimum Gasteiger partial charge on any atom is -0.279 e. The average molecular weight is 352 g/mol. The number of hydrogen-bond donors (Lipinski definition) is 0. The van der Waals surface area contributed by atoms with Gasteiger partial charge in [0.1, 0.15) is 11.3 Å². The molecule has 0 unspecified atom stereocenters. The molecule has 0 atom stereocenters. The van der Waals surface area contributed by atoms with Crippen molar-refractivity contribution in [1.82, 2.24) is 15.0 Å². The molecule has 4 nitrogen and oxygen atoms in total. The number of rotatable bonds is 3. The van der Waals surface area contributed by atoms with Gasteiger partial charge in [0.15, 0.2) is 11.6 Å². The molecule has 0 aliphatic heterocycles. The molecule has 0 aliphatic carbocycles. The zero-order valence-electron chi connectivity index (χ0n) is 13.3. The van der Waals surface area contributed by atoms with Gasteiger partial charge in [0, 0.05) is 12.3 Å². The number of fused-ring (bicyclic) bond motifs is 1. The monoisotopic (exact) mass is 352 g/mol. The maximum absolute atomic E-state index is 13.8. The summed E-state index contributed by atoms with van der Waals surface area (Å²) in [7, 11) is 0. The molecule has 26 heavy (non-hydrogen) atoms. The van der Waals surface area contributed by atoms with Crippen molar-refractivity contribution >= 4 is 28.4 Å². The number of nitrogens with zero attached hydrogens (tertiary/aromatic N) is 4. The molecular formula is C19H11F3N4. The predicted octanol–water partition coefficient (Wildman–Crippen LogP) is 4.91. The summed E-state index contributed by atoms with van der Waals surface area (Å²) in [4.78, 5) is 14.3. The Bertz CT molecular complexity index is 1100. The smallest absolute Gasteiger partial charge is 0.235 e. The molecule has 128 valence electrons. The largest absolute Gasteiger partial charge is 0.279 e. The SMILES string of the molecule is Fc1cccc(N(c2ccc(F)c(F)c2)c2ncc3ncccc3n2)c1. The van der Waals surface area contributed by atoms with Gasteiger partial charge in [-0.3, -0.25) is 9.88 Å². The van der Waals surface area contributed by atoms with E-state index in [0.717, 1.165) is 12.1 Å². The van der Waals surface area contributed by atoms with Gasteiger partial charge in [-0.2, -0.15) is 0 Å². The lowest BCUT2D eigenvalue weighted by molar-refractivity contribution is 0.509. The summed E-state index contributed by atoms with van der Waals surface area (Å²) in [5.41, 5.74) is 1.79. The van der Waals surface area contributed by atoms with Gasteiger partial charge in [0.25, 0.3) is 0 Å². The van der Waals surface area contributed by atoms with E-state index in [0.29, 0.717) is 16.7 Å². The molecule has 0 N–H and O–H groups in total. The number of halogens is 3. The van der Waals surface area contributed by atoms with Crippen molar-refractivity contribution < 1.29 is 13.2 Å². The maximum atomic E-state index is 13.8. The van der Waals surface area contributed by atoms with Crippen LogP contribution in [0.4, 0.5) is 30.5 Å². The van der Waals surface area contributed by atoms with Crippen LogP contribution in [0.25, 0.3) is 11.0 Å². The highest BCUT2D eigenvalue weighted by Crippen LogP contribution is 2.33. The second-order valence-electron chi connectivity index (χ2n) is 5.49. The molecule has 0 saturated carbocycles. The number of hydrogen-bond acceptors (Lipinski definition) is 4. The van der Waals surface area contributed by atoms with Gasteiger partial charge in [0.2, 0.25) is 5.95 Å². The highest BCUT2D eigenvalue weighted by atomic mass is 19.2. The minimum absolute atomic E-state index is 0.183. The van der Waals surface area contributed by atoms with E-state index in [9.17, 15) is 13.2 Å². The minimum atomic E-state index is -1.02. The zero-order chi connectivity index (χ0) is 18.1. The highest BCUT2D eigenvalue weighted by molar-refractivity contribution is 5.78. The fourth-order valence-electron chi connectivity index (χ4n) is 2.59. The second-order valence-corrected chi connectivity index (χ2v) is 5.49. The fraction of sp³-hybridized carbons (Fsp3) is 0. The van der Waals surface area contributed by atoms with E-state index in [2.05, 4.69) is 15.0 Å². The Morgan fingerprint density at radius 1 is 0.731 bits per heavy atom. The molecule has 2 aromatic carbocycles. The summed E-state index contributed by atoms with van der Waals surface area (Å²) in [6, 6.07) is 12.6. The molecule has 4 aromatic rings. The Hall–Kier alpha value is -3.48. The fourth-order valence-corrected chi connectivity index (χ4v) is 2.59. The summed E-state index contributed by atoms with van der Waals surface area (Å²) in [6.45, 7) is 0. The molecule has 0 fully saturated rings. The molecule has 7 heteroatoms. The lowest BCUT2D eigenvalue weighted by atomic mass is 10.2. The van der Waals surface area contributed by atoms with Crippen molar-refractivity contribution in [3.8, 4) is 0 Å². The van der Waals surface area contributed by atoms with E-state index in [1.807, 2.05) is 0 Å². The highest BCUT2D eigenvalue weighted by Gasteiger charge is 2.18. The Morgan fingerprint density at radius 2 is 1.58 bits per heavy atom. The van der Waals surface area contributed by atoms with Crippen LogP contribution in [0.2, 0.25) is 0 Å². The van der Waals surface area contributed by atoms with Crippen LogP contribution in [0.5, 0.6) is 0 Å². The maximum Gasteiger partial charge on any atom is 0.235 e. The van der Waals surface area contributed by atoms with E-state index in [4.69, 9.17) is 0 Å². The van der Waals surface area contributed by atoms with Crippen LogP contribution in [0.15, 0.2) is 67.0 Å². The average Bonchev–Trinajstić information content (AvgIpc) is 2.65. The van der Waals surface area contributed by atoms with Gasteiger partial charge < -0.3 is 0 Å². The summed E-state index contributed by atoms with van der Waals surface area (Å²) >= 11 is 0. The van der Waals surface area contributed by atoms with Crippen molar-refractivity contribution in [3.05, 3.63) is 84.4 Å². The van der Waals surface area contributed by atoms with Crippen LogP contribution >= 0.6 is 0 Å². The summed E-state index contributed by atoms with van der Waals surface area (Å²) in [5, 5.41) is 0. The van der Waals surface area contributed by atoms with Gasteiger partial charge in [0.05, 0.1) is 23.1 Å². The zero-order valence-corrected chi connectivity index (χ0v) is 13.3. The van der Waals surface area contributed by atoms with Gasteiger partial charge in [-0.25, -0.2) is 23.1 Å². The van der Waals surface area contributed by atoms with Crippen LogP contribution < -0.4 is 4.90 Å². The Kier molecular flexibility index (Phi) is 3.96. The predicted molar refractivity (Wildman–Crippen MR) is 91.9 cm³/mol. The van der Waals surface area contributed by atoms with Gasteiger partial charge in [-0.15, -0.1) is 0 Å². The van der Waals surface area contributed by atoms with Crippen LogP contribution in [-0.2, 0) is 0 Å². The van der Waals surface area contributed by atoms with Crippen molar-refractivity contribution in [2.75, 3.05) is 4.90 Å². The lowest BCUT2D eigenvalue weighted by Crippen LogP contribution is -2.14. The first-order chi connectivity index (χ1) is 12.6. The molecule has 4 rings (SSSR count). The molecule has 2 heterocycles. The van der Waals surface area contributed by atoms with Gasteiger partial charge in [-0.1, -0.05) is 6.07 Å². The van der Waals surface area contributed by atoms with Gasteiger partial charge >= 0.3 is 0 Å². The van der Waals surface area contributed by atoms with Crippen molar-refractivity contribution in [3.63, 3.8) is 0 Å². The molecule has 0 aliphatic rings. The van der Waals surface area contributed by atoms with Crippen molar-refractivity contribution in [1.29, 1.82) is 0 Å². The molecule has 0 bridgehead atoms. The number of benzene rings is 2. The lowest BCUT2D eigenvalue weighted by Gasteiger charge is -2.23.